The van der Waals surface area contributed by atoms with Gasteiger partial charge in [0.05, 0.1) is 11.0 Å². The van der Waals surface area contributed by atoms with Gasteiger partial charge in [-0.15, -0.1) is 0 Å². The van der Waals surface area contributed by atoms with Crippen LogP contribution in [0.4, 0.5) is 0 Å². The molecule has 2 bridgehead atoms. The largest absolute Gasteiger partial charge is 0.342 e. The summed E-state index contributed by atoms with van der Waals surface area (Å²) in [5, 5.41) is 3.56. The Balaban J connectivity index is 1.88. The molecule has 2 unspecified atom stereocenters. The summed E-state index contributed by atoms with van der Waals surface area (Å²) in [4.78, 5) is 8.10. The Morgan fingerprint density at radius 3 is 3.17 bits per heavy atom. The molecule has 2 atom stereocenters. The van der Waals surface area contributed by atoms with Crippen LogP contribution >= 0.6 is 0 Å². The van der Waals surface area contributed by atoms with Crippen LogP contribution < -0.4 is 5.32 Å². The lowest BCUT2D eigenvalue weighted by molar-refractivity contribution is 0.318. The van der Waals surface area contributed by atoms with Gasteiger partial charge in [0.2, 0.25) is 0 Å². The van der Waals surface area contributed by atoms with E-state index in [2.05, 4.69) is 34.3 Å². The molecule has 0 spiro atoms. The summed E-state index contributed by atoms with van der Waals surface area (Å²) >= 11 is 0. The molecular weight excluding hydrogens is 222 g/mol. The van der Waals surface area contributed by atoms with Crippen LogP contribution in [-0.2, 0) is 12.8 Å². The van der Waals surface area contributed by atoms with E-state index in [9.17, 15) is 0 Å². The Morgan fingerprint density at radius 1 is 1.33 bits per heavy atom. The van der Waals surface area contributed by atoms with Crippen molar-refractivity contribution in [3.63, 3.8) is 0 Å². The Labute approximate surface area is 107 Å². The smallest absolute Gasteiger partial charge is 0.106 e. The van der Waals surface area contributed by atoms with Gasteiger partial charge in [-0.1, -0.05) is 6.92 Å². The average molecular weight is 241 g/mol. The summed E-state index contributed by atoms with van der Waals surface area (Å²) < 4.78 is 0. The number of aromatic nitrogens is 2. The van der Waals surface area contributed by atoms with Crippen LogP contribution in [0.3, 0.4) is 0 Å². The summed E-state index contributed by atoms with van der Waals surface area (Å²) in [7, 11) is 0. The van der Waals surface area contributed by atoms with Gasteiger partial charge in [0, 0.05) is 13.0 Å². The highest BCUT2D eigenvalue weighted by atomic mass is 14.9. The Hall–Kier alpha value is -1.35. The van der Waals surface area contributed by atoms with Gasteiger partial charge in [0.15, 0.2) is 0 Å². The predicted molar refractivity (Wildman–Crippen MR) is 72.9 cm³/mol. The maximum Gasteiger partial charge on any atom is 0.106 e. The molecule has 4 rings (SSSR count). The van der Waals surface area contributed by atoms with Crippen molar-refractivity contribution in [1.29, 1.82) is 0 Å². The highest BCUT2D eigenvalue weighted by Gasteiger charge is 2.30. The molecule has 1 saturated heterocycles. The standard InChI is InChI=1S/C15H19N3/c1-2-15-17-13-5-10-3-9-4-11(8-16-7-9)12(10)6-14(13)18-15/h5-6,9,11,16H,2-4,7-8H2,1H3,(H,17,18). The lowest BCUT2D eigenvalue weighted by atomic mass is 9.74. The fourth-order valence-electron chi connectivity index (χ4n) is 3.63. The molecule has 1 aromatic heterocycles. The van der Waals surface area contributed by atoms with Crippen molar-refractivity contribution in [1.82, 2.24) is 15.3 Å². The Bertz CT molecular complexity index is 599. The molecule has 3 nitrogen and oxygen atoms in total. The number of rotatable bonds is 1. The van der Waals surface area contributed by atoms with Crippen molar-refractivity contribution in [3.05, 3.63) is 29.1 Å². The van der Waals surface area contributed by atoms with Gasteiger partial charge < -0.3 is 10.3 Å². The molecule has 1 fully saturated rings. The lowest BCUT2D eigenvalue weighted by Crippen LogP contribution is -2.39. The molecule has 0 amide bonds. The molecule has 94 valence electrons. The molecule has 18 heavy (non-hydrogen) atoms. The number of H-pyrrole nitrogens is 1. The molecule has 2 aromatic rings. The number of piperidine rings is 1. The molecular formula is C15H19N3. The number of nitrogens with one attached hydrogen (secondary N) is 2. The van der Waals surface area contributed by atoms with E-state index in [1.165, 1.54) is 24.9 Å². The number of fused-ring (bicyclic) bond motifs is 5. The van der Waals surface area contributed by atoms with E-state index < -0.39 is 0 Å². The zero-order chi connectivity index (χ0) is 12.1. The summed E-state index contributed by atoms with van der Waals surface area (Å²) in [6.45, 7) is 4.48. The van der Waals surface area contributed by atoms with Gasteiger partial charge >= 0.3 is 0 Å². The highest BCUT2D eigenvalue weighted by molar-refractivity contribution is 5.77. The van der Waals surface area contributed by atoms with Gasteiger partial charge in [-0.25, -0.2) is 4.98 Å². The van der Waals surface area contributed by atoms with E-state index in [-0.39, 0.29) is 0 Å². The van der Waals surface area contributed by atoms with E-state index in [0.29, 0.717) is 5.92 Å². The second kappa shape index (κ2) is 3.82. The predicted octanol–water partition coefficient (Wildman–Crippen LogP) is 2.37. The van der Waals surface area contributed by atoms with Crippen molar-refractivity contribution < 1.29 is 0 Å². The monoisotopic (exact) mass is 241 g/mol. The zero-order valence-corrected chi connectivity index (χ0v) is 10.8. The van der Waals surface area contributed by atoms with Crippen LogP contribution in [0, 0.1) is 5.92 Å². The number of benzene rings is 1. The van der Waals surface area contributed by atoms with E-state index in [1.807, 2.05) is 0 Å². The molecule has 0 radical (unpaired) electrons. The molecule has 1 aromatic carbocycles. The third kappa shape index (κ3) is 1.50. The van der Waals surface area contributed by atoms with Crippen LogP contribution in [0.25, 0.3) is 11.0 Å². The van der Waals surface area contributed by atoms with Crippen molar-refractivity contribution in [2.75, 3.05) is 13.1 Å². The third-order valence-electron chi connectivity index (χ3n) is 4.52. The molecule has 1 aliphatic heterocycles. The first-order valence-electron chi connectivity index (χ1n) is 7.05. The normalized spacial score (nSPS) is 26.3. The molecule has 2 N–H and O–H groups in total. The van der Waals surface area contributed by atoms with Crippen LogP contribution in [0.5, 0.6) is 0 Å². The second-order valence-electron chi connectivity index (χ2n) is 5.77. The fourth-order valence-corrected chi connectivity index (χ4v) is 3.63. The molecule has 2 heterocycles. The number of hydrogen-bond donors (Lipinski definition) is 2. The number of aromatic amines is 1. The summed E-state index contributed by atoms with van der Waals surface area (Å²) in [6, 6.07) is 4.68. The molecule has 3 heteroatoms. The van der Waals surface area contributed by atoms with Crippen molar-refractivity contribution in [2.24, 2.45) is 5.92 Å². The number of imidazole rings is 1. The average Bonchev–Trinajstić information content (AvgIpc) is 2.79. The third-order valence-corrected chi connectivity index (χ3v) is 4.52. The second-order valence-corrected chi connectivity index (χ2v) is 5.77. The first-order valence-corrected chi connectivity index (χ1v) is 7.05. The van der Waals surface area contributed by atoms with Crippen LogP contribution in [-0.4, -0.2) is 23.1 Å². The lowest BCUT2D eigenvalue weighted by Gasteiger charge is -2.36. The number of nitrogens with zero attached hydrogens (tertiary/aromatic N) is 1. The van der Waals surface area contributed by atoms with Gasteiger partial charge in [0.25, 0.3) is 0 Å². The maximum absolute atomic E-state index is 4.67. The van der Waals surface area contributed by atoms with Crippen molar-refractivity contribution in [2.45, 2.75) is 32.1 Å². The Kier molecular flexibility index (Phi) is 2.24. The maximum atomic E-state index is 4.67. The first-order chi connectivity index (χ1) is 8.83. The van der Waals surface area contributed by atoms with Gasteiger partial charge in [0.1, 0.15) is 5.82 Å². The quantitative estimate of drug-likeness (QED) is 0.804. The van der Waals surface area contributed by atoms with E-state index in [4.69, 9.17) is 0 Å². The molecule has 1 aliphatic carbocycles. The SMILES string of the molecule is CCc1nc2cc3c(cc2[nH]1)CC1CNCC3C1. The van der Waals surface area contributed by atoms with Crippen LogP contribution in [0.1, 0.15) is 36.2 Å². The minimum atomic E-state index is 0.707. The van der Waals surface area contributed by atoms with Crippen molar-refractivity contribution in [3.8, 4) is 0 Å². The summed E-state index contributed by atoms with van der Waals surface area (Å²) in [5.41, 5.74) is 5.46. The number of aryl methyl sites for hydroxylation is 1. The molecule has 2 aliphatic rings. The van der Waals surface area contributed by atoms with Crippen LogP contribution in [0.15, 0.2) is 12.1 Å². The van der Waals surface area contributed by atoms with E-state index >= 15 is 0 Å². The first kappa shape index (κ1) is 10.6. The topological polar surface area (TPSA) is 40.7 Å². The molecule has 0 saturated carbocycles. The zero-order valence-electron chi connectivity index (χ0n) is 10.8. The summed E-state index contributed by atoms with van der Waals surface area (Å²) in [6.07, 6.45) is 3.57. The van der Waals surface area contributed by atoms with Crippen LogP contribution in [0.2, 0.25) is 0 Å². The van der Waals surface area contributed by atoms with Crippen molar-refractivity contribution >= 4 is 11.0 Å². The van der Waals surface area contributed by atoms with Gasteiger partial charge in [-0.2, -0.15) is 0 Å². The minimum absolute atomic E-state index is 0.707. The number of hydrogen-bond acceptors (Lipinski definition) is 2. The van der Waals surface area contributed by atoms with E-state index in [0.717, 1.165) is 30.2 Å². The fraction of sp³-hybridized carbons (Fsp3) is 0.533. The van der Waals surface area contributed by atoms with E-state index in [1.54, 1.807) is 11.1 Å². The van der Waals surface area contributed by atoms with Gasteiger partial charge in [-0.05, 0) is 54.5 Å². The van der Waals surface area contributed by atoms with Gasteiger partial charge in [-0.3, -0.25) is 0 Å². The minimum Gasteiger partial charge on any atom is -0.342 e. The Morgan fingerprint density at radius 2 is 2.28 bits per heavy atom. The summed E-state index contributed by atoms with van der Waals surface area (Å²) in [5.74, 6) is 2.65. The highest BCUT2D eigenvalue weighted by Crippen LogP contribution is 2.38.